The van der Waals surface area contributed by atoms with E-state index >= 15 is 0 Å². The van der Waals surface area contributed by atoms with Gasteiger partial charge in [-0.3, -0.25) is 9.69 Å². The molecule has 0 radical (unpaired) electrons. The third-order valence-corrected chi connectivity index (χ3v) is 6.34. The summed E-state index contributed by atoms with van der Waals surface area (Å²) in [5.41, 5.74) is 1.18. The summed E-state index contributed by atoms with van der Waals surface area (Å²) < 4.78 is 32.8. The van der Waals surface area contributed by atoms with Crippen LogP contribution in [0.25, 0.3) is 0 Å². The van der Waals surface area contributed by atoms with E-state index in [9.17, 15) is 18.8 Å². The highest BCUT2D eigenvalue weighted by Crippen LogP contribution is 2.29. The van der Waals surface area contributed by atoms with Gasteiger partial charge in [0.25, 0.3) is 0 Å². The van der Waals surface area contributed by atoms with E-state index in [4.69, 9.17) is 4.74 Å². The Morgan fingerprint density at radius 1 is 1.09 bits per heavy atom. The van der Waals surface area contributed by atoms with E-state index in [2.05, 4.69) is 5.16 Å². The minimum atomic E-state index is -0.760. The molecular formula is C26H32F2N2O3. The number of rotatable bonds is 9. The maximum Gasteiger partial charge on any atom is 0.323 e. The van der Waals surface area contributed by atoms with Crippen molar-refractivity contribution in [3.05, 3.63) is 71.3 Å². The Labute approximate surface area is 194 Å². The maximum atomic E-state index is 13.8. The lowest BCUT2D eigenvalue weighted by molar-refractivity contribution is -0.147. The molecule has 1 atom stereocenters. The fourth-order valence-corrected chi connectivity index (χ4v) is 4.63. The molecule has 33 heavy (non-hydrogen) atoms. The quantitative estimate of drug-likeness (QED) is 0.176. The Morgan fingerprint density at radius 2 is 1.73 bits per heavy atom. The average molecular weight is 459 g/mol. The van der Waals surface area contributed by atoms with Crippen LogP contribution in [0.5, 0.6) is 0 Å². The lowest BCUT2D eigenvalue weighted by Gasteiger charge is -2.32. The predicted molar refractivity (Wildman–Crippen MR) is 123 cm³/mol. The summed E-state index contributed by atoms with van der Waals surface area (Å²) in [6.45, 7) is 0.422. The first-order valence-corrected chi connectivity index (χ1v) is 11.5. The Balaban J connectivity index is 1.91. The number of benzene rings is 2. The van der Waals surface area contributed by atoms with Gasteiger partial charge in [0.1, 0.15) is 23.4 Å². The molecule has 5 nitrogen and oxygen atoms in total. The van der Waals surface area contributed by atoms with Crippen LogP contribution < -0.4 is 0 Å². The number of esters is 1. The van der Waals surface area contributed by atoms with Gasteiger partial charge in [-0.2, -0.15) is 0 Å². The summed E-state index contributed by atoms with van der Waals surface area (Å²) in [4.78, 5) is 14.8. The van der Waals surface area contributed by atoms with E-state index in [0.717, 1.165) is 49.4 Å². The third-order valence-electron chi connectivity index (χ3n) is 6.34. The van der Waals surface area contributed by atoms with Gasteiger partial charge < -0.3 is 9.94 Å². The number of oxime groups is 1. The molecule has 0 aromatic heterocycles. The van der Waals surface area contributed by atoms with Crippen LogP contribution in [-0.4, -0.2) is 41.5 Å². The summed E-state index contributed by atoms with van der Waals surface area (Å²) in [7, 11) is 1.37. The van der Waals surface area contributed by atoms with Crippen molar-refractivity contribution in [2.24, 2.45) is 11.1 Å². The van der Waals surface area contributed by atoms with Crippen molar-refractivity contribution in [1.29, 1.82) is 0 Å². The van der Waals surface area contributed by atoms with Crippen LogP contribution in [0.3, 0.4) is 0 Å². The average Bonchev–Trinajstić information content (AvgIpc) is 3.08. The predicted octanol–water partition coefficient (Wildman–Crippen LogP) is 5.55. The van der Waals surface area contributed by atoms with Crippen LogP contribution in [0.15, 0.2) is 53.7 Å². The standard InChI is InChI=1S/C26H32F2N2O3/c1-33-26(31)25(13-19-9-5-2-3-6-10-19)30(17-20-11-7-4-8-12-20)18-24(29-32)21-14-22(27)16-23(28)15-21/h4,7-8,11-12,14-16,19,25,32H,2-3,5-6,9-10,13,17-18H2,1H3/t25-/m1/s1. The van der Waals surface area contributed by atoms with Crippen LogP contribution in [-0.2, 0) is 16.1 Å². The molecule has 0 spiro atoms. The SMILES string of the molecule is COC(=O)[C@@H](CC1CCCCCC1)N(CC(=NO)c1cc(F)cc(F)c1)Cc1ccccc1. The van der Waals surface area contributed by atoms with Crippen LogP contribution in [0.1, 0.15) is 56.1 Å². The molecular weight excluding hydrogens is 426 g/mol. The summed E-state index contributed by atoms with van der Waals surface area (Å²) >= 11 is 0. The smallest absolute Gasteiger partial charge is 0.323 e. The molecule has 2 aromatic rings. The van der Waals surface area contributed by atoms with Gasteiger partial charge in [-0.05, 0) is 30.0 Å². The van der Waals surface area contributed by atoms with Gasteiger partial charge in [0, 0.05) is 24.7 Å². The van der Waals surface area contributed by atoms with E-state index in [1.54, 1.807) is 0 Å². The first kappa shape index (κ1) is 24.8. The lowest BCUT2D eigenvalue weighted by atomic mass is 9.91. The first-order valence-electron chi connectivity index (χ1n) is 11.5. The number of carbonyl (C=O) groups is 1. The van der Waals surface area contributed by atoms with Crippen molar-refractivity contribution in [3.63, 3.8) is 0 Å². The number of halogens is 2. The van der Waals surface area contributed by atoms with Crippen molar-refractivity contribution >= 4 is 11.7 Å². The number of hydrogen-bond acceptors (Lipinski definition) is 5. The minimum Gasteiger partial charge on any atom is -0.468 e. The molecule has 1 saturated carbocycles. The Bertz CT molecular complexity index is 908. The van der Waals surface area contributed by atoms with Gasteiger partial charge in [-0.15, -0.1) is 0 Å². The van der Waals surface area contributed by atoms with E-state index in [1.807, 2.05) is 35.2 Å². The normalized spacial score (nSPS) is 16.4. The van der Waals surface area contributed by atoms with Crippen molar-refractivity contribution in [2.75, 3.05) is 13.7 Å². The highest BCUT2D eigenvalue weighted by Gasteiger charge is 2.31. The van der Waals surface area contributed by atoms with Gasteiger partial charge in [-0.1, -0.05) is 74.0 Å². The van der Waals surface area contributed by atoms with Gasteiger partial charge >= 0.3 is 5.97 Å². The zero-order valence-corrected chi connectivity index (χ0v) is 19.1. The number of nitrogens with zero attached hydrogens (tertiary/aromatic N) is 2. The molecule has 0 bridgehead atoms. The topological polar surface area (TPSA) is 62.1 Å². The van der Waals surface area contributed by atoms with E-state index in [-0.39, 0.29) is 23.8 Å². The van der Waals surface area contributed by atoms with E-state index in [0.29, 0.717) is 18.9 Å². The third kappa shape index (κ3) is 7.35. The minimum absolute atomic E-state index is 0.0285. The molecule has 1 aliphatic rings. The molecule has 0 unspecified atom stereocenters. The number of carbonyl (C=O) groups excluding carboxylic acids is 1. The Hall–Kier alpha value is -2.80. The zero-order chi connectivity index (χ0) is 23.6. The van der Waals surface area contributed by atoms with E-state index in [1.165, 1.54) is 20.0 Å². The molecule has 1 N–H and O–H groups in total. The summed E-state index contributed by atoms with van der Waals surface area (Å²) in [5, 5.41) is 13.1. The summed E-state index contributed by atoms with van der Waals surface area (Å²) in [5.74, 6) is -1.50. The molecule has 0 saturated heterocycles. The van der Waals surface area contributed by atoms with Crippen molar-refractivity contribution in [2.45, 2.75) is 57.5 Å². The number of methoxy groups -OCH3 is 1. The van der Waals surface area contributed by atoms with Crippen LogP contribution in [0.2, 0.25) is 0 Å². The van der Waals surface area contributed by atoms with Gasteiger partial charge in [0.05, 0.1) is 7.11 Å². The monoisotopic (exact) mass is 458 g/mol. The van der Waals surface area contributed by atoms with Crippen molar-refractivity contribution < 1.29 is 23.5 Å². The number of ether oxygens (including phenoxy) is 1. The van der Waals surface area contributed by atoms with Gasteiger partial charge in [0.15, 0.2) is 0 Å². The number of hydrogen-bond donors (Lipinski definition) is 1. The molecule has 1 aliphatic carbocycles. The largest absolute Gasteiger partial charge is 0.468 e. The molecule has 0 heterocycles. The lowest BCUT2D eigenvalue weighted by Crippen LogP contribution is -2.45. The molecule has 3 rings (SSSR count). The molecule has 7 heteroatoms. The fourth-order valence-electron chi connectivity index (χ4n) is 4.63. The zero-order valence-electron chi connectivity index (χ0n) is 19.1. The van der Waals surface area contributed by atoms with Gasteiger partial charge in [-0.25, -0.2) is 8.78 Å². The van der Waals surface area contributed by atoms with Crippen molar-refractivity contribution in [3.8, 4) is 0 Å². The second-order valence-electron chi connectivity index (χ2n) is 8.73. The second-order valence-corrected chi connectivity index (χ2v) is 8.73. The molecule has 0 amide bonds. The Kier molecular flexibility index (Phi) is 9.36. The van der Waals surface area contributed by atoms with E-state index < -0.39 is 17.7 Å². The molecule has 0 aliphatic heterocycles. The highest BCUT2D eigenvalue weighted by molar-refractivity contribution is 6.02. The highest BCUT2D eigenvalue weighted by atomic mass is 19.1. The fraction of sp³-hybridized carbons (Fsp3) is 0.462. The van der Waals surface area contributed by atoms with Crippen LogP contribution >= 0.6 is 0 Å². The molecule has 2 aromatic carbocycles. The van der Waals surface area contributed by atoms with Crippen LogP contribution in [0.4, 0.5) is 8.78 Å². The maximum absolute atomic E-state index is 13.8. The van der Waals surface area contributed by atoms with Crippen LogP contribution in [0, 0.1) is 17.6 Å². The van der Waals surface area contributed by atoms with Gasteiger partial charge in [0.2, 0.25) is 0 Å². The molecule has 178 valence electrons. The van der Waals surface area contributed by atoms with Crippen molar-refractivity contribution in [1.82, 2.24) is 4.90 Å². The Morgan fingerprint density at radius 3 is 2.30 bits per heavy atom. The summed E-state index contributed by atoms with van der Waals surface area (Å²) in [6, 6.07) is 12.1. The second kappa shape index (κ2) is 12.4. The first-order chi connectivity index (χ1) is 16.0. The molecule has 1 fully saturated rings. The summed E-state index contributed by atoms with van der Waals surface area (Å²) in [6.07, 6.45) is 7.44.